The quantitative estimate of drug-likeness (QED) is 0.483. The topological polar surface area (TPSA) is 30.5 Å². The molecule has 0 aromatic heterocycles. The third kappa shape index (κ3) is 4.85. The van der Waals surface area contributed by atoms with E-state index in [1.165, 1.54) is 22.0 Å². The SMILES string of the molecule is CCC(CC)(Pc1ccc(C)cc1CNC)c1ccccc1OCOC. The Bertz CT molecular complexity index is 698. The van der Waals surface area contributed by atoms with Gasteiger partial charge in [-0.2, -0.15) is 0 Å². The Hall–Kier alpha value is -1.41. The smallest absolute Gasteiger partial charge is 0.188 e. The summed E-state index contributed by atoms with van der Waals surface area (Å²) in [5.74, 6) is 0.938. The molecule has 0 spiro atoms. The predicted molar refractivity (Wildman–Crippen MR) is 113 cm³/mol. The van der Waals surface area contributed by atoms with Crippen LogP contribution in [0.5, 0.6) is 5.75 Å². The summed E-state index contributed by atoms with van der Waals surface area (Å²) in [6.45, 7) is 7.91. The number of ether oxygens (including phenoxy) is 2. The average molecular weight is 373 g/mol. The van der Waals surface area contributed by atoms with Crippen molar-refractivity contribution in [3.8, 4) is 5.75 Å². The average Bonchev–Trinajstić information content (AvgIpc) is 2.67. The molecule has 26 heavy (non-hydrogen) atoms. The Balaban J connectivity index is 2.46. The number of nitrogens with one attached hydrogen (secondary N) is 1. The molecule has 3 nitrogen and oxygen atoms in total. The van der Waals surface area contributed by atoms with Gasteiger partial charge in [0.05, 0.1) is 0 Å². The Morgan fingerprint density at radius 3 is 2.46 bits per heavy atom. The highest BCUT2D eigenvalue weighted by Gasteiger charge is 2.32. The second-order valence-electron chi connectivity index (χ2n) is 6.65. The molecule has 0 aliphatic rings. The lowest BCUT2D eigenvalue weighted by Gasteiger charge is -2.34. The summed E-state index contributed by atoms with van der Waals surface area (Å²) in [4.78, 5) is 0. The number of aryl methyl sites for hydroxylation is 1. The number of para-hydroxylation sites is 1. The van der Waals surface area contributed by atoms with Crippen LogP contribution < -0.4 is 15.4 Å². The van der Waals surface area contributed by atoms with E-state index >= 15 is 0 Å². The van der Waals surface area contributed by atoms with Gasteiger partial charge in [-0.3, -0.25) is 0 Å². The van der Waals surface area contributed by atoms with Crippen LogP contribution in [-0.2, 0) is 16.4 Å². The highest BCUT2D eigenvalue weighted by molar-refractivity contribution is 7.48. The molecule has 1 unspecified atom stereocenters. The summed E-state index contributed by atoms with van der Waals surface area (Å²) in [5, 5.41) is 4.83. The lowest BCUT2D eigenvalue weighted by Crippen LogP contribution is -2.25. The van der Waals surface area contributed by atoms with Crippen molar-refractivity contribution in [2.24, 2.45) is 0 Å². The Kier molecular flexibility index (Phi) is 8.09. The molecule has 0 saturated heterocycles. The predicted octanol–water partition coefficient (Wildman–Crippen LogP) is 4.72. The van der Waals surface area contributed by atoms with Crippen LogP contribution in [0, 0.1) is 6.92 Å². The van der Waals surface area contributed by atoms with Crippen LogP contribution in [-0.4, -0.2) is 21.0 Å². The van der Waals surface area contributed by atoms with Gasteiger partial charge in [0.2, 0.25) is 0 Å². The van der Waals surface area contributed by atoms with Crippen molar-refractivity contribution in [2.45, 2.75) is 45.3 Å². The van der Waals surface area contributed by atoms with Crippen LogP contribution in [0.2, 0.25) is 0 Å². The normalized spacial score (nSPS) is 12.0. The van der Waals surface area contributed by atoms with Crippen molar-refractivity contribution in [1.82, 2.24) is 5.32 Å². The maximum atomic E-state index is 5.90. The van der Waals surface area contributed by atoms with E-state index in [0.717, 1.165) is 25.1 Å². The molecule has 1 atom stereocenters. The van der Waals surface area contributed by atoms with E-state index in [1.54, 1.807) is 7.11 Å². The first-order chi connectivity index (χ1) is 12.6. The van der Waals surface area contributed by atoms with Crippen LogP contribution in [0.1, 0.15) is 43.4 Å². The monoisotopic (exact) mass is 373 g/mol. The first kappa shape index (κ1) is 20.9. The van der Waals surface area contributed by atoms with Gasteiger partial charge in [-0.05, 0) is 43.7 Å². The fraction of sp³-hybridized carbons (Fsp3) is 0.455. The molecule has 2 rings (SSSR count). The minimum Gasteiger partial charge on any atom is -0.467 e. The summed E-state index contributed by atoms with van der Waals surface area (Å²) in [6, 6.07) is 15.3. The summed E-state index contributed by atoms with van der Waals surface area (Å²) >= 11 is 0. The molecule has 0 amide bonds. The second-order valence-corrected chi connectivity index (χ2v) is 8.40. The molecule has 2 aromatic carbocycles. The zero-order valence-corrected chi connectivity index (χ0v) is 17.7. The van der Waals surface area contributed by atoms with Gasteiger partial charge in [0.25, 0.3) is 0 Å². The van der Waals surface area contributed by atoms with E-state index in [2.05, 4.69) is 62.5 Å². The van der Waals surface area contributed by atoms with E-state index in [4.69, 9.17) is 9.47 Å². The van der Waals surface area contributed by atoms with E-state index in [9.17, 15) is 0 Å². The standard InChI is InChI=1S/C22H32NO2P/c1-6-22(7-2,19-10-8-9-11-20(19)25-16-24-5)26-21-13-12-17(3)14-18(21)15-23-4/h8-14,23,26H,6-7,15-16H2,1-5H3. The molecular weight excluding hydrogens is 341 g/mol. The highest BCUT2D eigenvalue weighted by Crippen LogP contribution is 2.50. The second kappa shape index (κ2) is 10.1. The molecule has 4 heteroatoms. The van der Waals surface area contributed by atoms with Crippen LogP contribution in [0.4, 0.5) is 0 Å². The first-order valence-corrected chi connectivity index (χ1v) is 10.3. The summed E-state index contributed by atoms with van der Waals surface area (Å²) < 4.78 is 11.0. The summed E-state index contributed by atoms with van der Waals surface area (Å²) in [7, 11) is 4.36. The Labute approximate surface area is 160 Å². The highest BCUT2D eigenvalue weighted by atomic mass is 31.1. The van der Waals surface area contributed by atoms with Crippen molar-refractivity contribution in [3.63, 3.8) is 0 Å². The molecular formula is C22H32NO2P. The summed E-state index contributed by atoms with van der Waals surface area (Å²) in [6.07, 6.45) is 2.14. The largest absolute Gasteiger partial charge is 0.467 e. The third-order valence-corrected chi connectivity index (χ3v) is 7.16. The van der Waals surface area contributed by atoms with Gasteiger partial charge in [0.15, 0.2) is 6.79 Å². The van der Waals surface area contributed by atoms with E-state index in [1.807, 2.05) is 13.1 Å². The Morgan fingerprint density at radius 2 is 1.81 bits per heavy atom. The molecule has 0 fully saturated rings. The minimum atomic E-state index is 0.0715. The van der Waals surface area contributed by atoms with E-state index < -0.39 is 0 Å². The van der Waals surface area contributed by atoms with Gasteiger partial charge < -0.3 is 14.8 Å². The Morgan fingerprint density at radius 1 is 1.08 bits per heavy atom. The van der Waals surface area contributed by atoms with Gasteiger partial charge in [0.1, 0.15) is 5.75 Å². The van der Waals surface area contributed by atoms with Gasteiger partial charge in [-0.25, -0.2) is 0 Å². The number of methoxy groups -OCH3 is 1. The molecule has 2 aromatic rings. The van der Waals surface area contributed by atoms with Crippen LogP contribution in [0.25, 0.3) is 0 Å². The van der Waals surface area contributed by atoms with E-state index in [0.29, 0.717) is 8.58 Å². The van der Waals surface area contributed by atoms with Crippen molar-refractivity contribution >= 4 is 13.9 Å². The zero-order valence-electron chi connectivity index (χ0n) is 16.7. The van der Waals surface area contributed by atoms with Crippen LogP contribution in [0.15, 0.2) is 42.5 Å². The first-order valence-electron chi connectivity index (χ1n) is 9.33. The van der Waals surface area contributed by atoms with Crippen LogP contribution in [0.3, 0.4) is 0 Å². The van der Waals surface area contributed by atoms with Crippen molar-refractivity contribution in [2.75, 3.05) is 21.0 Å². The van der Waals surface area contributed by atoms with Crippen molar-refractivity contribution in [1.29, 1.82) is 0 Å². The maximum absolute atomic E-state index is 5.90. The van der Waals surface area contributed by atoms with Crippen LogP contribution >= 0.6 is 8.58 Å². The van der Waals surface area contributed by atoms with Gasteiger partial charge in [-0.1, -0.05) is 64.4 Å². The van der Waals surface area contributed by atoms with Gasteiger partial charge >= 0.3 is 0 Å². The maximum Gasteiger partial charge on any atom is 0.188 e. The zero-order chi connectivity index (χ0) is 19.0. The number of hydrogen-bond donors (Lipinski definition) is 1. The van der Waals surface area contributed by atoms with Crippen molar-refractivity contribution in [3.05, 3.63) is 59.2 Å². The lowest BCUT2D eigenvalue weighted by atomic mass is 9.92. The lowest BCUT2D eigenvalue weighted by molar-refractivity contribution is 0.0499. The number of hydrogen-bond acceptors (Lipinski definition) is 3. The fourth-order valence-electron chi connectivity index (χ4n) is 3.42. The molecule has 0 saturated carbocycles. The minimum absolute atomic E-state index is 0.0715. The van der Waals surface area contributed by atoms with Gasteiger partial charge in [0, 0.05) is 24.4 Å². The fourth-order valence-corrected chi connectivity index (χ4v) is 5.12. The number of benzene rings is 2. The molecule has 0 bridgehead atoms. The molecule has 142 valence electrons. The van der Waals surface area contributed by atoms with Crippen molar-refractivity contribution < 1.29 is 9.47 Å². The van der Waals surface area contributed by atoms with E-state index in [-0.39, 0.29) is 11.9 Å². The molecule has 0 radical (unpaired) electrons. The summed E-state index contributed by atoms with van der Waals surface area (Å²) in [5.41, 5.74) is 4.00. The third-order valence-electron chi connectivity index (χ3n) is 4.94. The molecule has 0 aliphatic carbocycles. The molecule has 1 N–H and O–H groups in total. The molecule has 0 heterocycles. The number of rotatable bonds is 10. The molecule has 0 aliphatic heterocycles. The van der Waals surface area contributed by atoms with Gasteiger partial charge in [-0.15, -0.1) is 0 Å².